The number of aromatic nitrogens is 3. The van der Waals surface area contributed by atoms with E-state index in [0.29, 0.717) is 11.6 Å². The molecule has 2 heterocycles. The van der Waals surface area contributed by atoms with Crippen LogP contribution in [0.5, 0.6) is 5.75 Å². The number of nitrogens with zero attached hydrogens (tertiary/aromatic N) is 3. The lowest BCUT2D eigenvalue weighted by molar-refractivity contribution is -0.135. The van der Waals surface area contributed by atoms with E-state index in [2.05, 4.69) is 15.4 Å². The van der Waals surface area contributed by atoms with Gasteiger partial charge in [-0.15, -0.1) is 0 Å². The van der Waals surface area contributed by atoms with Crippen molar-refractivity contribution in [1.29, 1.82) is 0 Å². The molecular weight excluding hydrogens is 302 g/mol. The van der Waals surface area contributed by atoms with E-state index in [4.69, 9.17) is 15.8 Å². The molecule has 9 heteroatoms. The van der Waals surface area contributed by atoms with Crippen molar-refractivity contribution in [1.82, 2.24) is 19.9 Å². The normalized spacial score (nSPS) is 14.5. The minimum Gasteiger partial charge on any atom is -0.480 e. The van der Waals surface area contributed by atoms with E-state index >= 15 is 0 Å². The number of carbonyl (C=O) groups excluding carboxylic acids is 1. The third-order valence-electron chi connectivity index (χ3n) is 4.06. The maximum absolute atomic E-state index is 12.3. The number of rotatable bonds is 6. The molecule has 0 atom stereocenters. The van der Waals surface area contributed by atoms with Crippen molar-refractivity contribution in [2.24, 2.45) is 11.8 Å². The topological polar surface area (TPSA) is 132 Å². The number of carboxylic acids is 1. The largest absolute Gasteiger partial charge is 0.480 e. The summed E-state index contributed by atoms with van der Waals surface area (Å²) in [5.74, 6) is 4.27. The van der Waals surface area contributed by atoms with Crippen molar-refractivity contribution in [3.8, 4) is 5.75 Å². The molecule has 1 aliphatic carbocycles. The number of nitrogens with two attached hydrogens (primary N) is 1. The minimum atomic E-state index is -1.15. The van der Waals surface area contributed by atoms with Gasteiger partial charge in [0.05, 0.1) is 0 Å². The highest BCUT2D eigenvalue weighted by molar-refractivity contribution is 6.03. The van der Waals surface area contributed by atoms with E-state index in [1.54, 1.807) is 10.6 Å². The van der Waals surface area contributed by atoms with Crippen molar-refractivity contribution in [3.63, 3.8) is 0 Å². The van der Waals surface area contributed by atoms with Crippen molar-refractivity contribution in [3.05, 3.63) is 23.7 Å². The predicted octanol–water partition coefficient (Wildman–Crippen LogP) is 0.139. The molecule has 3 rings (SSSR count). The van der Waals surface area contributed by atoms with E-state index in [1.807, 2.05) is 0 Å². The average Bonchev–Trinajstić information content (AvgIpc) is 2.96. The highest BCUT2D eigenvalue weighted by atomic mass is 16.6. The molecule has 0 aliphatic heterocycles. The number of carbonyl (C=O) groups is 2. The molecule has 1 aliphatic rings. The number of nitrogens with one attached hydrogen (secondary N) is 1. The lowest BCUT2D eigenvalue weighted by Gasteiger charge is -2.25. The molecule has 0 unspecified atom stereocenters. The molecule has 1 fully saturated rings. The van der Waals surface area contributed by atoms with Gasteiger partial charge in [-0.05, 0) is 12.3 Å². The Morgan fingerprint density at radius 3 is 2.87 bits per heavy atom. The number of hydrogen-bond donors (Lipinski definition) is 3. The highest BCUT2D eigenvalue weighted by Crippen LogP contribution is 2.32. The Kier molecular flexibility index (Phi) is 4.11. The van der Waals surface area contributed by atoms with Gasteiger partial charge in [-0.3, -0.25) is 9.59 Å². The molecule has 2 aromatic rings. The predicted molar refractivity (Wildman–Crippen MR) is 78.8 cm³/mol. The quantitative estimate of drug-likeness (QED) is 0.645. The van der Waals surface area contributed by atoms with Gasteiger partial charge in [0.2, 0.25) is 0 Å². The molecule has 9 nitrogen and oxygen atoms in total. The van der Waals surface area contributed by atoms with Crippen molar-refractivity contribution < 1.29 is 19.5 Å². The summed E-state index contributed by atoms with van der Waals surface area (Å²) in [6, 6.07) is 1.66. The molecule has 1 saturated carbocycles. The summed E-state index contributed by atoms with van der Waals surface area (Å²) in [5.41, 5.74) is 1.23. The van der Waals surface area contributed by atoms with E-state index in [-0.39, 0.29) is 11.3 Å². The Morgan fingerprint density at radius 2 is 2.26 bits per heavy atom. The molecule has 0 spiro atoms. The summed E-state index contributed by atoms with van der Waals surface area (Å²) < 4.78 is 1.58. The summed E-state index contributed by atoms with van der Waals surface area (Å²) >= 11 is 0. The Morgan fingerprint density at radius 1 is 1.48 bits per heavy atom. The number of pyridine rings is 1. The minimum absolute atomic E-state index is 0.0728. The van der Waals surface area contributed by atoms with E-state index in [0.717, 1.165) is 25.0 Å². The smallest absolute Gasteiger partial charge is 0.322 e. The van der Waals surface area contributed by atoms with Gasteiger partial charge in [0.1, 0.15) is 18.4 Å². The summed E-state index contributed by atoms with van der Waals surface area (Å²) in [5, 5.41) is 15.1. The molecular formula is C14H17N5O4. The standard InChI is InChI=1S/C14H17N5O4/c15-23-10-5-9(4-8-2-1-3-8)19-13(17-7-18-19)12(10)14(22)16-6-11(20)21/h5,7-8H,1-4,6,15H2,(H,16,22)(H,20,21). The second-order valence-corrected chi connectivity index (χ2v) is 5.57. The van der Waals surface area contributed by atoms with E-state index in [9.17, 15) is 9.59 Å². The number of amides is 1. The molecule has 2 aromatic heterocycles. The van der Waals surface area contributed by atoms with Crippen LogP contribution in [0.15, 0.2) is 12.4 Å². The molecule has 23 heavy (non-hydrogen) atoms. The molecule has 0 radical (unpaired) electrons. The second kappa shape index (κ2) is 6.21. The Hall–Kier alpha value is -2.68. The second-order valence-electron chi connectivity index (χ2n) is 5.57. The van der Waals surface area contributed by atoms with Crippen LogP contribution in [-0.4, -0.2) is 38.1 Å². The van der Waals surface area contributed by atoms with Crippen LogP contribution in [0.25, 0.3) is 5.65 Å². The maximum Gasteiger partial charge on any atom is 0.322 e. The van der Waals surface area contributed by atoms with Crippen molar-refractivity contribution in [2.75, 3.05) is 6.54 Å². The van der Waals surface area contributed by atoms with Gasteiger partial charge in [-0.2, -0.15) is 11.0 Å². The molecule has 0 bridgehead atoms. The van der Waals surface area contributed by atoms with Gasteiger partial charge < -0.3 is 15.3 Å². The molecule has 0 aromatic carbocycles. The van der Waals surface area contributed by atoms with Gasteiger partial charge >= 0.3 is 5.97 Å². The zero-order valence-corrected chi connectivity index (χ0v) is 12.4. The monoisotopic (exact) mass is 319 g/mol. The molecule has 0 saturated heterocycles. The van der Waals surface area contributed by atoms with Crippen LogP contribution >= 0.6 is 0 Å². The third-order valence-corrected chi connectivity index (χ3v) is 4.06. The number of hydrogen-bond acceptors (Lipinski definition) is 6. The molecule has 122 valence electrons. The first-order chi connectivity index (χ1) is 11.1. The first-order valence-electron chi connectivity index (χ1n) is 7.32. The SMILES string of the molecule is NOc1cc(CC2CCC2)n2ncnc2c1C(=O)NCC(=O)O. The number of carboxylic acid groups (broad SMARTS) is 1. The summed E-state index contributed by atoms with van der Waals surface area (Å²) in [6.07, 6.45) is 5.69. The van der Waals surface area contributed by atoms with Gasteiger partial charge in [0, 0.05) is 11.8 Å². The van der Waals surface area contributed by atoms with Gasteiger partial charge in [0.15, 0.2) is 11.4 Å². The van der Waals surface area contributed by atoms with Gasteiger partial charge in [-0.1, -0.05) is 19.3 Å². The Labute approximate surface area is 131 Å². The molecule has 4 N–H and O–H groups in total. The summed E-state index contributed by atoms with van der Waals surface area (Å²) in [4.78, 5) is 31.8. The van der Waals surface area contributed by atoms with Crippen LogP contribution in [-0.2, 0) is 11.2 Å². The zero-order valence-electron chi connectivity index (χ0n) is 12.4. The summed E-state index contributed by atoms with van der Waals surface area (Å²) in [7, 11) is 0. The average molecular weight is 319 g/mol. The van der Waals surface area contributed by atoms with E-state index in [1.165, 1.54) is 12.7 Å². The fourth-order valence-electron chi connectivity index (χ4n) is 2.71. The molecule has 1 amide bonds. The number of fused-ring (bicyclic) bond motifs is 1. The Bertz CT molecular complexity index is 753. The summed E-state index contributed by atoms with van der Waals surface area (Å²) in [6.45, 7) is -0.507. The van der Waals surface area contributed by atoms with Crippen molar-refractivity contribution >= 4 is 17.5 Å². The van der Waals surface area contributed by atoms with Crippen LogP contribution in [0, 0.1) is 5.92 Å². The first kappa shape index (κ1) is 15.2. The lowest BCUT2D eigenvalue weighted by atomic mass is 9.82. The van der Waals surface area contributed by atoms with Crippen LogP contribution in [0.1, 0.15) is 35.3 Å². The van der Waals surface area contributed by atoms with Crippen LogP contribution < -0.4 is 16.1 Å². The van der Waals surface area contributed by atoms with Crippen LogP contribution in [0.4, 0.5) is 0 Å². The van der Waals surface area contributed by atoms with E-state index < -0.39 is 18.4 Å². The van der Waals surface area contributed by atoms with Gasteiger partial charge in [-0.25, -0.2) is 9.50 Å². The fraction of sp³-hybridized carbons (Fsp3) is 0.429. The van der Waals surface area contributed by atoms with Crippen LogP contribution in [0.2, 0.25) is 0 Å². The zero-order chi connectivity index (χ0) is 16.4. The fourth-order valence-corrected chi connectivity index (χ4v) is 2.71. The third kappa shape index (κ3) is 2.95. The van der Waals surface area contributed by atoms with Gasteiger partial charge in [0.25, 0.3) is 5.91 Å². The van der Waals surface area contributed by atoms with Crippen LogP contribution in [0.3, 0.4) is 0 Å². The first-order valence-corrected chi connectivity index (χ1v) is 7.32. The lowest BCUT2D eigenvalue weighted by Crippen LogP contribution is -2.30. The Balaban J connectivity index is 1.99. The van der Waals surface area contributed by atoms with Crippen molar-refractivity contribution in [2.45, 2.75) is 25.7 Å². The highest BCUT2D eigenvalue weighted by Gasteiger charge is 2.25. The maximum atomic E-state index is 12.3. The number of aliphatic carboxylic acids is 1.